The Morgan fingerprint density at radius 2 is 1.92 bits per heavy atom. The van der Waals surface area contributed by atoms with E-state index in [1.54, 1.807) is 0 Å². The van der Waals surface area contributed by atoms with Crippen LogP contribution in [0.2, 0.25) is 0 Å². The highest BCUT2D eigenvalue weighted by molar-refractivity contribution is 7.89. The summed E-state index contributed by atoms with van der Waals surface area (Å²) in [6, 6.07) is 3.44. The number of benzene rings is 1. The second-order valence-electron chi connectivity index (χ2n) is 5.97. The standard InChI is InChI=1S/C15H19N3O7S/c1-16(10-14(19)20)15(21)13-4-2-3-9-17(13)26(24,25)12-7-5-11(6-8-12)18(22)23/h5-8,13H,2-4,9-10H2,1H3,(H,19,20). The van der Waals surface area contributed by atoms with Crippen LogP contribution >= 0.6 is 0 Å². The van der Waals surface area contributed by atoms with Crippen molar-refractivity contribution in [2.75, 3.05) is 20.1 Å². The number of hydrogen-bond acceptors (Lipinski definition) is 6. The summed E-state index contributed by atoms with van der Waals surface area (Å²) in [5.74, 6) is -1.78. The minimum atomic E-state index is -4.04. The Bertz CT molecular complexity index is 807. The number of carboxylic acids is 1. The van der Waals surface area contributed by atoms with E-state index in [4.69, 9.17) is 5.11 Å². The first kappa shape index (κ1) is 19.8. The van der Waals surface area contributed by atoms with Crippen molar-refractivity contribution in [1.29, 1.82) is 0 Å². The summed E-state index contributed by atoms with van der Waals surface area (Å²) in [5.41, 5.74) is -0.239. The molecule has 1 saturated heterocycles. The van der Waals surface area contributed by atoms with Crippen LogP contribution in [0.1, 0.15) is 19.3 Å². The first-order valence-corrected chi connectivity index (χ1v) is 9.31. The fraction of sp³-hybridized carbons (Fsp3) is 0.467. The fourth-order valence-electron chi connectivity index (χ4n) is 2.85. The summed E-state index contributed by atoms with van der Waals surface area (Å²) < 4.78 is 26.8. The van der Waals surface area contributed by atoms with Gasteiger partial charge in [-0.15, -0.1) is 0 Å². The van der Waals surface area contributed by atoms with Gasteiger partial charge in [0, 0.05) is 25.7 Å². The number of carbonyl (C=O) groups excluding carboxylic acids is 1. The Balaban J connectivity index is 2.31. The maximum absolute atomic E-state index is 12.9. The van der Waals surface area contributed by atoms with Gasteiger partial charge >= 0.3 is 5.97 Å². The van der Waals surface area contributed by atoms with Gasteiger partial charge in [-0.3, -0.25) is 19.7 Å². The summed E-state index contributed by atoms with van der Waals surface area (Å²) in [6.45, 7) is -0.405. The number of amides is 1. The smallest absolute Gasteiger partial charge is 0.323 e. The molecule has 1 atom stereocenters. The van der Waals surface area contributed by atoms with Crippen LogP contribution in [0.4, 0.5) is 5.69 Å². The van der Waals surface area contributed by atoms with Gasteiger partial charge in [-0.25, -0.2) is 8.42 Å². The Labute approximate surface area is 150 Å². The third-order valence-corrected chi connectivity index (χ3v) is 6.06. The normalized spacial score (nSPS) is 18.3. The number of likely N-dealkylation sites (N-methyl/N-ethyl adjacent to an activating group) is 1. The van der Waals surface area contributed by atoms with Crippen molar-refractivity contribution >= 4 is 27.6 Å². The van der Waals surface area contributed by atoms with Crippen LogP contribution in [0.5, 0.6) is 0 Å². The Hall–Kier alpha value is -2.53. The summed E-state index contributed by atoms with van der Waals surface area (Å²) in [7, 11) is -2.74. The van der Waals surface area contributed by atoms with Crippen molar-refractivity contribution in [2.24, 2.45) is 0 Å². The number of nitro benzene ring substituents is 1. The zero-order valence-corrected chi connectivity index (χ0v) is 14.9. The molecule has 1 fully saturated rings. The molecule has 142 valence electrons. The van der Waals surface area contributed by atoms with E-state index in [0.717, 1.165) is 33.5 Å². The van der Waals surface area contributed by atoms with Gasteiger partial charge in [-0.2, -0.15) is 4.31 Å². The molecule has 2 rings (SSSR count). The first-order chi connectivity index (χ1) is 12.1. The van der Waals surface area contributed by atoms with Gasteiger partial charge in [-0.1, -0.05) is 6.42 Å². The van der Waals surface area contributed by atoms with Crippen molar-refractivity contribution in [3.8, 4) is 0 Å². The molecule has 0 aliphatic carbocycles. The molecule has 1 heterocycles. The molecule has 10 nitrogen and oxygen atoms in total. The van der Waals surface area contributed by atoms with Crippen LogP contribution in [-0.2, 0) is 19.6 Å². The van der Waals surface area contributed by atoms with Crippen molar-refractivity contribution in [3.63, 3.8) is 0 Å². The van der Waals surface area contributed by atoms with E-state index in [1.807, 2.05) is 0 Å². The average molecular weight is 385 g/mol. The molecular formula is C15H19N3O7S. The maximum atomic E-state index is 12.9. The molecule has 1 aromatic carbocycles. The molecule has 0 aromatic heterocycles. The first-order valence-electron chi connectivity index (χ1n) is 7.87. The van der Waals surface area contributed by atoms with Crippen LogP contribution in [0.15, 0.2) is 29.2 Å². The molecule has 1 amide bonds. The number of nitro groups is 1. The summed E-state index contributed by atoms with van der Waals surface area (Å²) in [6.07, 6.45) is 1.50. The monoisotopic (exact) mass is 385 g/mol. The molecule has 11 heteroatoms. The Morgan fingerprint density at radius 1 is 1.31 bits per heavy atom. The largest absolute Gasteiger partial charge is 0.480 e. The van der Waals surface area contributed by atoms with E-state index in [-0.39, 0.29) is 23.5 Å². The minimum absolute atomic E-state index is 0.122. The molecule has 0 spiro atoms. The van der Waals surface area contributed by atoms with E-state index >= 15 is 0 Å². The van der Waals surface area contributed by atoms with Crippen LogP contribution in [0, 0.1) is 10.1 Å². The average Bonchev–Trinajstić information content (AvgIpc) is 2.60. The summed E-state index contributed by atoms with van der Waals surface area (Å²) in [4.78, 5) is 34.3. The predicted octanol–water partition coefficient (Wildman–Crippen LogP) is 0.681. The number of piperidine rings is 1. The zero-order chi connectivity index (χ0) is 19.5. The minimum Gasteiger partial charge on any atom is -0.480 e. The zero-order valence-electron chi connectivity index (χ0n) is 14.1. The highest BCUT2D eigenvalue weighted by Crippen LogP contribution is 2.27. The lowest BCUT2D eigenvalue weighted by atomic mass is 10.0. The molecule has 1 aliphatic heterocycles. The highest BCUT2D eigenvalue weighted by Gasteiger charge is 2.39. The van der Waals surface area contributed by atoms with Crippen molar-refractivity contribution in [2.45, 2.75) is 30.2 Å². The second-order valence-corrected chi connectivity index (χ2v) is 7.86. The van der Waals surface area contributed by atoms with Crippen LogP contribution in [0.3, 0.4) is 0 Å². The number of non-ortho nitro benzene ring substituents is 1. The second kappa shape index (κ2) is 7.79. The molecule has 1 unspecified atom stereocenters. The van der Waals surface area contributed by atoms with Crippen LogP contribution < -0.4 is 0 Å². The van der Waals surface area contributed by atoms with E-state index in [9.17, 15) is 28.1 Å². The lowest BCUT2D eigenvalue weighted by Gasteiger charge is -2.35. The lowest BCUT2D eigenvalue weighted by molar-refractivity contribution is -0.384. The number of sulfonamides is 1. The van der Waals surface area contributed by atoms with E-state index in [2.05, 4.69) is 0 Å². The molecule has 1 N–H and O–H groups in total. The highest BCUT2D eigenvalue weighted by atomic mass is 32.2. The van der Waals surface area contributed by atoms with Crippen LogP contribution in [-0.4, -0.2) is 65.7 Å². The quantitative estimate of drug-likeness (QED) is 0.561. The fourth-order valence-corrected chi connectivity index (χ4v) is 4.50. The van der Waals surface area contributed by atoms with Gasteiger partial charge in [-0.05, 0) is 25.0 Å². The number of carboxylic acid groups (broad SMARTS) is 1. The van der Waals surface area contributed by atoms with Gasteiger partial charge < -0.3 is 10.0 Å². The van der Waals surface area contributed by atoms with Crippen LogP contribution in [0.25, 0.3) is 0 Å². The van der Waals surface area contributed by atoms with Crippen molar-refractivity contribution in [1.82, 2.24) is 9.21 Å². The number of aliphatic carboxylic acids is 1. The van der Waals surface area contributed by atoms with Gasteiger partial charge in [0.05, 0.1) is 9.82 Å². The lowest BCUT2D eigenvalue weighted by Crippen LogP contribution is -2.52. The van der Waals surface area contributed by atoms with E-state index in [0.29, 0.717) is 12.8 Å². The molecule has 0 radical (unpaired) electrons. The number of rotatable bonds is 6. The Kier molecular flexibility index (Phi) is 5.93. The van der Waals surface area contributed by atoms with Gasteiger partial charge in [0.25, 0.3) is 5.69 Å². The SMILES string of the molecule is CN(CC(=O)O)C(=O)C1CCCCN1S(=O)(=O)c1ccc([N+](=O)[O-])cc1. The number of carbonyl (C=O) groups is 2. The molecule has 1 aromatic rings. The van der Waals surface area contributed by atoms with Gasteiger partial charge in [0.2, 0.25) is 15.9 Å². The molecule has 26 heavy (non-hydrogen) atoms. The number of nitrogens with zero attached hydrogens (tertiary/aromatic N) is 3. The van der Waals surface area contributed by atoms with E-state index < -0.39 is 39.4 Å². The van der Waals surface area contributed by atoms with Gasteiger partial charge in [0.15, 0.2) is 0 Å². The molecular weight excluding hydrogens is 366 g/mol. The predicted molar refractivity (Wildman–Crippen MR) is 89.9 cm³/mol. The topological polar surface area (TPSA) is 138 Å². The van der Waals surface area contributed by atoms with E-state index in [1.165, 1.54) is 7.05 Å². The maximum Gasteiger partial charge on any atom is 0.323 e. The number of hydrogen-bond donors (Lipinski definition) is 1. The third kappa shape index (κ3) is 4.17. The summed E-state index contributed by atoms with van der Waals surface area (Å²) in [5, 5.41) is 19.5. The van der Waals surface area contributed by atoms with Crippen molar-refractivity contribution in [3.05, 3.63) is 34.4 Å². The third-order valence-electron chi connectivity index (χ3n) is 4.14. The Morgan fingerprint density at radius 3 is 2.46 bits per heavy atom. The molecule has 0 bridgehead atoms. The van der Waals surface area contributed by atoms with Gasteiger partial charge in [0.1, 0.15) is 12.6 Å². The van der Waals surface area contributed by atoms with Crippen molar-refractivity contribution < 1.29 is 28.0 Å². The molecule has 1 aliphatic rings. The molecule has 0 saturated carbocycles. The summed E-state index contributed by atoms with van der Waals surface area (Å²) >= 11 is 0.